The molecule has 1 nitrogen and oxygen atoms in total. The highest BCUT2D eigenvalue weighted by atomic mass is 35.5. The van der Waals surface area contributed by atoms with Crippen molar-refractivity contribution < 1.29 is 4.39 Å². The van der Waals surface area contributed by atoms with Crippen LogP contribution in [0.25, 0.3) is 0 Å². The summed E-state index contributed by atoms with van der Waals surface area (Å²) in [6.07, 6.45) is 3.51. The Kier molecular flexibility index (Phi) is 5.98. The molecule has 0 aliphatic carbocycles. The summed E-state index contributed by atoms with van der Waals surface area (Å²) >= 11 is 5.73. The van der Waals surface area contributed by atoms with E-state index in [2.05, 4.69) is 6.58 Å². The molecule has 0 spiro atoms. The molecule has 1 atom stereocenters. The van der Waals surface area contributed by atoms with Crippen molar-refractivity contribution in [2.24, 2.45) is 11.7 Å². The van der Waals surface area contributed by atoms with Crippen molar-refractivity contribution in [1.82, 2.24) is 0 Å². The average Bonchev–Trinajstić information content (AvgIpc) is 2.15. The number of hydrogen-bond donors (Lipinski definition) is 1. The van der Waals surface area contributed by atoms with E-state index in [-0.39, 0.29) is 16.8 Å². The van der Waals surface area contributed by atoms with E-state index in [0.29, 0.717) is 5.57 Å². The zero-order valence-corrected chi connectivity index (χ0v) is 11.2. The maximum atomic E-state index is 14.0. The lowest BCUT2D eigenvalue weighted by atomic mass is 9.83. The van der Waals surface area contributed by atoms with Crippen LogP contribution in [-0.2, 0) is 0 Å². The quantitative estimate of drug-likeness (QED) is 0.718. The van der Waals surface area contributed by atoms with Gasteiger partial charge >= 0.3 is 0 Å². The smallest absolute Gasteiger partial charge is 0.125 e. The first-order valence-corrected chi connectivity index (χ1v) is 5.80. The highest BCUT2D eigenvalue weighted by molar-refractivity contribution is 6.31. The minimum absolute atomic E-state index is 0.0885. The lowest BCUT2D eigenvalue weighted by molar-refractivity contribution is 0.471. The zero-order valence-electron chi connectivity index (χ0n) is 10.5. The van der Waals surface area contributed by atoms with Gasteiger partial charge in [-0.15, -0.1) is 0 Å². The Bertz CT molecular complexity index is 310. The van der Waals surface area contributed by atoms with Gasteiger partial charge in [-0.1, -0.05) is 38.1 Å². The number of halogens is 2. The van der Waals surface area contributed by atoms with Crippen molar-refractivity contribution in [1.29, 1.82) is 0 Å². The van der Waals surface area contributed by atoms with E-state index in [1.165, 1.54) is 12.2 Å². The lowest BCUT2D eigenvalue weighted by Crippen LogP contribution is -2.37. The SMILES string of the molecule is C=C/C(Cl)=C\C(F)=C(/C(C)CC)C(C)(C)N. The van der Waals surface area contributed by atoms with Gasteiger partial charge in [0.25, 0.3) is 0 Å². The number of allylic oxidation sites excluding steroid dienone is 4. The second-order valence-corrected chi connectivity index (χ2v) is 4.96. The molecule has 2 N–H and O–H groups in total. The predicted octanol–water partition coefficient (Wildman–Crippen LogP) is 4.30. The molecule has 92 valence electrons. The highest BCUT2D eigenvalue weighted by Gasteiger charge is 2.25. The molecule has 0 saturated heterocycles. The molecule has 0 fully saturated rings. The maximum Gasteiger partial charge on any atom is 0.125 e. The second kappa shape index (κ2) is 6.21. The molecule has 0 saturated carbocycles. The van der Waals surface area contributed by atoms with E-state index in [9.17, 15) is 4.39 Å². The van der Waals surface area contributed by atoms with Crippen LogP contribution in [0.5, 0.6) is 0 Å². The summed E-state index contributed by atoms with van der Waals surface area (Å²) in [4.78, 5) is 0. The minimum atomic E-state index is -0.686. The van der Waals surface area contributed by atoms with Gasteiger partial charge in [-0.05, 0) is 37.8 Å². The molecular formula is C13H21ClFN. The summed E-state index contributed by atoms with van der Waals surface area (Å²) in [7, 11) is 0. The van der Waals surface area contributed by atoms with Gasteiger partial charge in [0.1, 0.15) is 5.83 Å². The molecule has 3 heteroatoms. The van der Waals surface area contributed by atoms with Gasteiger partial charge in [-0.2, -0.15) is 0 Å². The second-order valence-electron chi connectivity index (χ2n) is 4.53. The van der Waals surface area contributed by atoms with Crippen molar-refractivity contribution >= 4 is 11.6 Å². The van der Waals surface area contributed by atoms with Gasteiger partial charge in [-0.25, -0.2) is 4.39 Å². The summed E-state index contributed by atoms with van der Waals surface area (Å²) in [6, 6.07) is 0. The minimum Gasteiger partial charge on any atom is -0.322 e. The Balaban J connectivity index is 5.47. The fraction of sp³-hybridized carbons (Fsp3) is 0.538. The van der Waals surface area contributed by atoms with Gasteiger partial charge in [0.05, 0.1) is 0 Å². The summed E-state index contributed by atoms with van der Waals surface area (Å²) in [5.41, 5.74) is 5.88. The van der Waals surface area contributed by atoms with E-state index < -0.39 is 5.54 Å². The van der Waals surface area contributed by atoms with Gasteiger partial charge in [0.15, 0.2) is 0 Å². The first kappa shape index (κ1) is 15.4. The Labute approximate surface area is 103 Å². The van der Waals surface area contributed by atoms with Crippen LogP contribution in [-0.4, -0.2) is 5.54 Å². The third-order valence-electron chi connectivity index (χ3n) is 2.52. The Morgan fingerprint density at radius 2 is 2.06 bits per heavy atom. The summed E-state index contributed by atoms with van der Waals surface area (Å²) in [5, 5.41) is 0.280. The van der Waals surface area contributed by atoms with Crippen LogP contribution in [0.2, 0.25) is 0 Å². The van der Waals surface area contributed by atoms with Crippen molar-refractivity contribution in [2.75, 3.05) is 0 Å². The molecular weight excluding hydrogens is 225 g/mol. The van der Waals surface area contributed by atoms with E-state index in [0.717, 1.165) is 6.42 Å². The van der Waals surface area contributed by atoms with Gasteiger partial charge < -0.3 is 5.73 Å². The topological polar surface area (TPSA) is 26.0 Å². The van der Waals surface area contributed by atoms with Crippen molar-refractivity contribution in [3.05, 3.63) is 35.2 Å². The standard InChI is InChI=1S/C13H21ClFN/c1-6-9(3)12(13(4,5)16)11(15)8-10(14)7-2/h7-9H,2,6,16H2,1,3-5H3/b10-8+,12-11-. The fourth-order valence-electron chi connectivity index (χ4n) is 1.64. The summed E-state index contributed by atoms with van der Waals surface area (Å²) in [6.45, 7) is 11.0. The lowest BCUT2D eigenvalue weighted by Gasteiger charge is -2.28. The molecule has 0 radical (unpaired) electrons. The third-order valence-corrected chi connectivity index (χ3v) is 2.78. The number of nitrogens with two attached hydrogens (primary N) is 1. The molecule has 0 bridgehead atoms. The Morgan fingerprint density at radius 3 is 2.38 bits per heavy atom. The fourth-order valence-corrected chi connectivity index (χ4v) is 1.74. The van der Waals surface area contributed by atoms with Crippen molar-refractivity contribution in [3.63, 3.8) is 0 Å². The van der Waals surface area contributed by atoms with E-state index in [1.807, 2.05) is 13.8 Å². The number of rotatable bonds is 5. The van der Waals surface area contributed by atoms with E-state index >= 15 is 0 Å². The number of hydrogen-bond acceptors (Lipinski definition) is 1. The molecule has 0 aromatic heterocycles. The van der Waals surface area contributed by atoms with Crippen LogP contribution in [0.1, 0.15) is 34.1 Å². The first-order valence-electron chi connectivity index (χ1n) is 5.42. The molecule has 0 heterocycles. The van der Waals surface area contributed by atoms with Crippen molar-refractivity contribution in [3.8, 4) is 0 Å². The average molecular weight is 246 g/mol. The van der Waals surface area contributed by atoms with Gasteiger partial charge in [-0.3, -0.25) is 0 Å². The van der Waals surface area contributed by atoms with Crippen LogP contribution in [0.3, 0.4) is 0 Å². The normalized spacial score (nSPS) is 16.8. The summed E-state index contributed by atoms with van der Waals surface area (Å²) < 4.78 is 14.0. The van der Waals surface area contributed by atoms with Crippen LogP contribution in [0.4, 0.5) is 4.39 Å². The third kappa shape index (κ3) is 4.50. The zero-order chi connectivity index (χ0) is 12.9. The van der Waals surface area contributed by atoms with E-state index in [4.69, 9.17) is 17.3 Å². The van der Waals surface area contributed by atoms with E-state index in [1.54, 1.807) is 13.8 Å². The first-order chi connectivity index (χ1) is 7.23. The Morgan fingerprint density at radius 1 is 1.56 bits per heavy atom. The predicted molar refractivity (Wildman–Crippen MR) is 70.0 cm³/mol. The molecule has 0 aliphatic rings. The van der Waals surface area contributed by atoms with Crippen LogP contribution >= 0.6 is 11.6 Å². The molecule has 16 heavy (non-hydrogen) atoms. The summed E-state index contributed by atoms with van der Waals surface area (Å²) in [5.74, 6) is -0.266. The van der Waals surface area contributed by atoms with Crippen LogP contribution in [0, 0.1) is 5.92 Å². The highest BCUT2D eigenvalue weighted by Crippen LogP contribution is 2.29. The molecule has 1 unspecified atom stereocenters. The largest absolute Gasteiger partial charge is 0.322 e. The molecule has 0 aromatic carbocycles. The molecule has 0 aliphatic heterocycles. The monoisotopic (exact) mass is 245 g/mol. The Hall–Kier alpha value is -0.600. The molecule has 0 amide bonds. The van der Waals surface area contributed by atoms with Crippen molar-refractivity contribution in [2.45, 2.75) is 39.7 Å². The van der Waals surface area contributed by atoms with Gasteiger partial charge in [0, 0.05) is 10.6 Å². The molecule has 0 aromatic rings. The maximum absolute atomic E-state index is 14.0. The van der Waals surface area contributed by atoms with Gasteiger partial charge in [0.2, 0.25) is 0 Å². The van der Waals surface area contributed by atoms with Crippen LogP contribution < -0.4 is 5.73 Å². The van der Waals surface area contributed by atoms with Crippen LogP contribution in [0.15, 0.2) is 35.2 Å². The molecule has 0 rings (SSSR count).